The second kappa shape index (κ2) is 5.22. The van der Waals surface area contributed by atoms with E-state index >= 15 is 0 Å². The Morgan fingerprint density at radius 3 is 2.55 bits per heavy atom. The van der Waals surface area contributed by atoms with Crippen molar-refractivity contribution < 1.29 is 23.1 Å². The molecule has 20 heavy (non-hydrogen) atoms. The molecule has 3 N–H and O–H groups in total. The Hall–Kier alpha value is -1.93. The summed E-state index contributed by atoms with van der Waals surface area (Å²) in [5, 5.41) is 11.3. The zero-order chi connectivity index (χ0) is 14.9. The van der Waals surface area contributed by atoms with Crippen molar-refractivity contribution in [1.82, 2.24) is 4.72 Å². The number of anilines is 1. The third kappa shape index (κ3) is 2.97. The smallest absolute Gasteiger partial charge is 0.307 e. The van der Waals surface area contributed by atoms with E-state index in [0.29, 0.717) is 12.1 Å². The molecular weight excluding hydrogens is 284 g/mol. The maximum Gasteiger partial charge on any atom is 0.307 e. The van der Waals surface area contributed by atoms with Gasteiger partial charge in [0.25, 0.3) is 0 Å². The molecule has 1 aliphatic carbocycles. The maximum absolute atomic E-state index is 11.8. The number of hydrogen-bond acceptors (Lipinski definition) is 4. The lowest BCUT2D eigenvalue weighted by Crippen LogP contribution is -2.20. The molecule has 2 unspecified atom stereocenters. The van der Waals surface area contributed by atoms with Gasteiger partial charge in [-0.2, -0.15) is 0 Å². The highest BCUT2D eigenvalue weighted by molar-refractivity contribution is 7.89. The molecule has 2 rings (SSSR count). The van der Waals surface area contributed by atoms with Crippen LogP contribution in [0.3, 0.4) is 0 Å². The second-order valence-electron chi connectivity index (χ2n) is 4.51. The van der Waals surface area contributed by atoms with Gasteiger partial charge in [0.15, 0.2) is 0 Å². The predicted octanol–water partition coefficient (Wildman–Crippen LogP) is 0.254. The van der Waals surface area contributed by atoms with Gasteiger partial charge in [-0.15, -0.1) is 0 Å². The van der Waals surface area contributed by atoms with E-state index in [-0.39, 0.29) is 4.90 Å². The van der Waals surface area contributed by atoms with Crippen molar-refractivity contribution in [3.63, 3.8) is 0 Å². The van der Waals surface area contributed by atoms with E-state index in [1.54, 1.807) is 6.07 Å². The van der Waals surface area contributed by atoms with E-state index in [1.165, 1.54) is 25.2 Å². The molecule has 1 aromatic carbocycles. The second-order valence-corrected chi connectivity index (χ2v) is 6.40. The number of rotatable bonds is 5. The number of aliphatic carboxylic acids is 1. The SMILES string of the molecule is CNS(=O)(=O)c1cccc(NC(=O)C2CC2C(=O)O)c1. The van der Waals surface area contributed by atoms with Gasteiger partial charge in [0.05, 0.1) is 16.7 Å². The van der Waals surface area contributed by atoms with Crippen LogP contribution in [-0.2, 0) is 19.6 Å². The third-order valence-corrected chi connectivity index (χ3v) is 4.54. The van der Waals surface area contributed by atoms with Crippen molar-refractivity contribution >= 4 is 27.6 Å². The molecule has 1 fully saturated rings. The van der Waals surface area contributed by atoms with Crippen LogP contribution in [0.15, 0.2) is 29.2 Å². The molecule has 0 radical (unpaired) electrons. The van der Waals surface area contributed by atoms with E-state index in [1.807, 2.05) is 0 Å². The van der Waals surface area contributed by atoms with Crippen molar-refractivity contribution in [2.24, 2.45) is 11.8 Å². The van der Waals surface area contributed by atoms with Gasteiger partial charge in [-0.1, -0.05) is 6.07 Å². The molecule has 0 aliphatic heterocycles. The van der Waals surface area contributed by atoms with Crippen molar-refractivity contribution in [2.45, 2.75) is 11.3 Å². The topological polar surface area (TPSA) is 113 Å². The molecule has 1 aliphatic rings. The average Bonchev–Trinajstić information content (AvgIpc) is 3.19. The fourth-order valence-corrected chi connectivity index (χ4v) is 2.63. The molecule has 8 heteroatoms. The minimum atomic E-state index is -3.58. The van der Waals surface area contributed by atoms with E-state index < -0.39 is 33.7 Å². The number of amides is 1. The van der Waals surface area contributed by atoms with Crippen molar-refractivity contribution in [2.75, 3.05) is 12.4 Å². The molecule has 0 aromatic heterocycles. The number of carbonyl (C=O) groups is 2. The Labute approximate surface area is 116 Å². The molecule has 108 valence electrons. The van der Waals surface area contributed by atoms with Crippen LogP contribution >= 0.6 is 0 Å². The molecule has 2 atom stereocenters. The Kier molecular flexibility index (Phi) is 3.78. The van der Waals surface area contributed by atoms with Crippen LogP contribution in [0.2, 0.25) is 0 Å². The predicted molar refractivity (Wildman–Crippen MR) is 70.6 cm³/mol. The number of nitrogens with one attached hydrogen (secondary N) is 2. The molecule has 1 aromatic rings. The van der Waals surface area contributed by atoms with E-state index in [0.717, 1.165) is 0 Å². The van der Waals surface area contributed by atoms with Crippen LogP contribution in [0.5, 0.6) is 0 Å². The molecule has 1 amide bonds. The molecule has 0 bridgehead atoms. The summed E-state index contributed by atoms with van der Waals surface area (Å²) in [6.07, 6.45) is 0.315. The van der Waals surface area contributed by atoms with E-state index in [2.05, 4.69) is 10.0 Å². The lowest BCUT2D eigenvalue weighted by Gasteiger charge is -2.07. The summed E-state index contributed by atoms with van der Waals surface area (Å²) in [6, 6.07) is 5.77. The third-order valence-electron chi connectivity index (χ3n) is 3.13. The van der Waals surface area contributed by atoms with Gasteiger partial charge in [0.1, 0.15) is 0 Å². The van der Waals surface area contributed by atoms with Gasteiger partial charge in [0, 0.05) is 5.69 Å². The molecule has 0 spiro atoms. The fourth-order valence-electron chi connectivity index (χ4n) is 1.85. The number of hydrogen-bond donors (Lipinski definition) is 3. The first kappa shape index (κ1) is 14.5. The van der Waals surface area contributed by atoms with Gasteiger partial charge in [-0.05, 0) is 31.7 Å². The molecule has 1 saturated carbocycles. The lowest BCUT2D eigenvalue weighted by molar-refractivity contribution is -0.139. The Morgan fingerprint density at radius 2 is 2.00 bits per heavy atom. The number of carboxylic acid groups (broad SMARTS) is 1. The van der Waals surface area contributed by atoms with Crippen molar-refractivity contribution in [3.05, 3.63) is 24.3 Å². The highest BCUT2D eigenvalue weighted by Crippen LogP contribution is 2.39. The quantitative estimate of drug-likeness (QED) is 0.721. The minimum absolute atomic E-state index is 0.0309. The highest BCUT2D eigenvalue weighted by atomic mass is 32.2. The minimum Gasteiger partial charge on any atom is -0.481 e. The number of carbonyl (C=O) groups excluding carboxylic acids is 1. The van der Waals surface area contributed by atoms with Gasteiger partial charge in [0.2, 0.25) is 15.9 Å². The zero-order valence-corrected chi connectivity index (χ0v) is 11.5. The Balaban J connectivity index is 2.10. The van der Waals surface area contributed by atoms with Crippen molar-refractivity contribution in [1.29, 1.82) is 0 Å². The maximum atomic E-state index is 11.8. The average molecular weight is 298 g/mol. The summed E-state index contributed by atoms with van der Waals surface area (Å²) >= 11 is 0. The van der Waals surface area contributed by atoms with Gasteiger partial charge >= 0.3 is 5.97 Å². The summed E-state index contributed by atoms with van der Waals surface area (Å²) in [6.45, 7) is 0. The van der Waals surface area contributed by atoms with Crippen LogP contribution in [0, 0.1) is 11.8 Å². The molecule has 0 heterocycles. The van der Waals surface area contributed by atoms with Crippen LogP contribution in [0.4, 0.5) is 5.69 Å². The first-order valence-electron chi connectivity index (χ1n) is 5.92. The van der Waals surface area contributed by atoms with E-state index in [4.69, 9.17) is 5.11 Å². The van der Waals surface area contributed by atoms with Crippen LogP contribution < -0.4 is 10.0 Å². The van der Waals surface area contributed by atoms with Crippen molar-refractivity contribution in [3.8, 4) is 0 Å². The monoisotopic (exact) mass is 298 g/mol. The zero-order valence-electron chi connectivity index (χ0n) is 10.7. The van der Waals surface area contributed by atoms with Crippen LogP contribution in [0.1, 0.15) is 6.42 Å². The van der Waals surface area contributed by atoms with E-state index in [9.17, 15) is 18.0 Å². The lowest BCUT2D eigenvalue weighted by atomic mass is 10.2. The Bertz CT molecular complexity index is 656. The standard InChI is InChI=1S/C12H14N2O5S/c1-13-20(18,19)8-4-2-3-7(5-8)14-11(15)9-6-10(9)12(16)17/h2-5,9-10,13H,6H2,1H3,(H,14,15)(H,16,17). The molecule has 0 saturated heterocycles. The first-order chi connectivity index (χ1) is 9.35. The summed E-state index contributed by atoms with van der Waals surface area (Å²) in [5.41, 5.74) is 0.322. The van der Waals surface area contributed by atoms with Gasteiger partial charge in [-0.25, -0.2) is 13.1 Å². The summed E-state index contributed by atoms with van der Waals surface area (Å²) in [4.78, 5) is 22.5. The fraction of sp³-hybridized carbons (Fsp3) is 0.333. The number of sulfonamides is 1. The van der Waals surface area contributed by atoms with Crippen LogP contribution in [0.25, 0.3) is 0 Å². The van der Waals surface area contributed by atoms with Gasteiger partial charge in [-0.3, -0.25) is 9.59 Å². The highest BCUT2D eigenvalue weighted by Gasteiger charge is 2.48. The summed E-state index contributed by atoms with van der Waals surface area (Å²) in [5.74, 6) is -2.58. The molecule has 7 nitrogen and oxygen atoms in total. The Morgan fingerprint density at radius 1 is 1.30 bits per heavy atom. The van der Waals surface area contributed by atoms with Gasteiger partial charge < -0.3 is 10.4 Å². The number of benzene rings is 1. The van der Waals surface area contributed by atoms with Crippen LogP contribution in [-0.4, -0.2) is 32.4 Å². The largest absolute Gasteiger partial charge is 0.481 e. The summed E-state index contributed by atoms with van der Waals surface area (Å²) < 4.78 is 25.4. The number of carboxylic acids is 1. The normalized spacial score (nSPS) is 21.2. The molecular formula is C12H14N2O5S. The first-order valence-corrected chi connectivity index (χ1v) is 7.41. The summed E-state index contributed by atoms with van der Waals surface area (Å²) in [7, 11) is -2.29.